The second-order valence-corrected chi connectivity index (χ2v) is 3.39. The van der Waals surface area contributed by atoms with Crippen molar-refractivity contribution in [2.24, 2.45) is 0 Å². The molecule has 0 saturated carbocycles. The van der Waals surface area contributed by atoms with Crippen LogP contribution >= 0.6 is 0 Å². The fraction of sp³-hybridized carbons (Fsp3) is 0.273. The third-order valence-electron chi connectivity index (χ3n) is 2.08. The summed E-state index contributed by atoms with van der Waals surface area (Å²) in [7, 11) is 0. The van der Waals surface area contributed by atoms with E-state index in [9.17, 15) is 9.59 Å². The number of carboxylic acid groups (broad SMARTS) is 1. The van der Waals surface area contributed by atoms with E-state index in [1.165, 1.54) is 0 Å². The van der Waals surface area contributed by atoms with Crippen LogP contribution in [-0.4, -0.2) is 34.9 Å². The van der Waals surface area contributed by atoms with Crippen molar-refractivity contribution in [3.05, 3.63) is 35.9 Å². The molecule has 17 heavy (non-hydrogen) atoms. The number of carbonyl (C=O) groups excluding carboxylic acids is 1. The molecule has 1 rings (SSSR count). The molecular formula is C11H14N2O4. The van der Waals surface area contributed by atoms with Gasteiger partial charge in [-0.05, 0) is 5.56 Å². The quantitative estimate of drug-likeness (QED) is 0.577. The highest BCUT2D eigenvalue weighted by molar-refractivity contribution is 5.82. The minimum absolute atomic E-state index is 0.296. The molecule has 1 unspecified atom stereocenters. The Hall–Kier alpha value is -2.08. The first-order chi connectivity index (χ1) is 8.13. The lowest BCUT2D eigenvalue weighted by atomic mass is 10.2. The zero-order valence-corrected chi connectivity index (χ0v) is 9.09. The van der Waals surface area contributed by atoms with Gasteiger partial charge >= 0.3 is 12.0 Å². The van der Waals surface area contributed by atoms with Gasteiger partial charge in [-0.15, -0.1) is 0 Å². The van der Waals surface area contributed by atoms with Gasteiger partial charge in [0.1, 0.15) is 0 Å². The fourth-order valence-electron chi connectivity index (χ4n) is 1.17. The molecule has 0 saturated heterocycles. The molecule has 1 atom stereocenters. The smallest absolute Gasteiger partial charge is 0.328 e. The van der Waals surface area contributed by atoms with Crippen LogP contribution in [0.1, 0.15) is 5.56 Å². The van der Waals surface area contributed by atoms with Gasteiger partial charge in [0.15, 0.2) is 6.04 Å². The van der Waals surface area contributed by atoms with Crippen LogP contribution in [0.3, 0.4) is 0 Å². The number of benzene rings is 1. The van der Waals surface area contributed by atoms with Crippen molar-refractivity contribution < 1.29 is 19.8 Å². The molecule has 92 valence electrons. The van der Waals surface area contributed by atoms with E-state index in [1.807, 2.05) is 30.3 Å². The highest BCUT2D eigenvalue weighted by atomic mass is 16.4. The number of hydrogen-bond acceptors (Lipinski definition) is 3. The summed E-state index contributed by atoms with van der Waals surface area (Å²) in [5, 5.41) is 21.9. The second-order valence-electron chi connectivity index (χ2n) is 3.39. The monoisotopic (exact) mass is 238 g/mol. The summed E-state index contributed by atoms with van der Waals surface area (Å²) < 4.78 is 0. The Morgan fingerprint density at radius 3 is 2.41 bits per heavy atom. The van der Waals surface area contributed by atoms with Gasteiger partial charge in [0.05, 0.1) is 6.61 Å². The number of aliphatic hydroxyl groups excluding tert-OH is 1. The van der Waals surface area contributed by atoms with Crippen molar-refractivity contribution in [2.75, 3.05) is 6.61 Å². The molecular weight excluding hydrogens is 224 g/mol. The first-order valence-corrected chi connectivity index (χ1v) is 5.05. The van der Waals surface area contributed by atoms with Crippen molar-refractivity contribution in [1.29, 1.82) is 0 Å². The van der Waals surface area contributed by atoms with E-state index in [2.05, 4.69) is 10.6 Å². The van der Waals surface area contributed by atoms with Crippen LogP contribution in [0.4, 0.5) is 4.79 Å². The minimum Gasteiger partial charge on any atom is -0.480 e. The summed E-state index contributed by atoms with van der Waals surface area (Å²) in [6.07, 6.45) is 0. The number of urea groups is 1. The van der Waals surface area contributed by atoms with E-state index >= 15 is 0 Å². The minimum atomic E-state index is -1.29. The molecule has 4 N–H and O–H groups in total. The first-order valence-electron chi connectivity index (χ1n) is 5.05. The van der Waals surface area contributed by atoms with Crippen LogP contribution in [0.15, 0.2) is 30.3 Å². The SMILES string of the molecule is O=C(NCc1ccccc1)NC(CO)C(=O)O. The van der Waals surface area contributed by atoms with Crippen molar-refractivity contribution in [3.8, 4) is 0 Å². The summed E-state index contributed by atoms with van der Waals surface area (Å²) in [5.74, 6) is -1.28. The zero-order valence-electron chi connectivity index (χ0n) is 9.09. The molecule has 0 aliphatic heterocycles. The summed E-state index contributed by atoms with van der Waals surface area (Å²) >= 11 is 0. The maximum absolute atomic E-state index is 11.3. The maximum atomic E-state index is 11.3. The number of aliphatic carboxylic acids is 1. The molecule has 0 spiro atoms. The van der Waals surface area contributed by atoms with Gasteiger partial charge < -0.3 is 20.8 Å². The molecule has 0 radical (unpaired) electrons. The first kappa shape index (κ1) is 13.0. The van der Waals surface area contributed by atoms with E-state index < -0.39 is 24.6 Å². The average Bonchev–Trinajstić information content (AvgIpc) is 2.34. The lowest BCUT2D eigenvalue weighted by molar-refractivity contribution is -0.140. The molecule has 1 aromatic rings. The number of rotatable bonds is 5. The Labute approximate surface area is 98.3 Å². The van der Waals surface area contributed by atoms with Gasteiger partial charge in [-0.2, -0.15) is 0 Å². The van der Waals surface area contributed by atoms with E-state index in [4.69, 9.17) is 10.2 Å². The summed E-state index contributed by atoms with van der Waals surface area (Å²) in [6.45, 7) is -0.349. The molecule has 0 fully saturated rings. The third-order valence-corrected chi connectivity index (χ3v) is 2.08. The number of nitrogens with one attached hydrogen (secondary N) is 2. The van der Waals surface area contributed by atoms with E-state index in [0.717, 1.165) is 5.56 Å². The Morgan fingerprint density at radius 2 is 1.88 bits per heavy atom. The molecule has 0 bridgehead atoms. The summed E-state index contributed by atoms with van der Waals surface area (Å²) in [5.41, 5.74) is 0.901. The van der Waals surface area contributed by atoms with Gasteiger partial charge in [0.2, 0.25) is 0 Å². The van der Waals surface area contributed by atoms with Crippen LogP contribution in [0.25, 0.3) is 0 Å². The highest BCUT2D eigenvalue weighted by Crippen LogP contribution is 1.96. The Bertz CT molecular complexity index is 380. The molecule has 0 heterocycles. The van der Waals surface area contributed by atoms with Crippen LogP contribution < -0.4 is 10.6 Å². The lowest BCUT2D eigenvalue weighted by Gasteiger charge is -2.12. The number of carboxylic acids is 1. The summed E-state index contributed by atoms with van der Waals surface area (Å²) in [6, 6.07) is 7.28. The zero-order chi connectivity index (χ0) is 12.7. The standard InChI is InChI=1S/C11H14N2O4/c14-7-9(10(15)16)13-11(17)12-6-8-4-2-1-3-5-8/h1-5,9,14H,6-7H2,(H,15,16)(H2,12,13,17). The third kappa shape index (κ3) is 4.52. The van der Waals surface area contributed by atoms with E-state index in [-0.39, 0.29) is 0 Å². The molecule has 0 aliphatic carbocycles. The van der Waals surface area contributed by atoms with Crippen molar-refractivity contribution in [2.45, 2.75) is 12.6 Å². The van der Waals surface area contributed by atoms with Crippen molar-refractivity contribution in [1.82, 2.24) is 10.6 Å². The molecule has 0 aromatic heterocycles. The highest BCUT2D eigenvalue weighted by Gasteiger charge is 2.18. The Kier molecular flexibility index (Phi) is 4.96. The second kappa shape index (κ2) is 6.49. The van der Waals surface area contributed by atoms with Crippen LogP contribution in [0.5, 0.6) is 0 Å². The molecule has 1 aromatic carbocycles. The van der Waals surface area contributed by atoms with Crippen molar-refractivity contribution >= 4 is 12.0 Å². The lowest BCUT2D eigenvalue weighted by Crippen LogP contribution is -2.47. The molecule has 6 nitrogen and oxygen atoms in total. The molecule has 0 aliphatic rings. The summed E-state index contributed by atoms with van der Waals surface area (Å²) in [4.78, 5) is 21.8. The van der Waals surface area contributed by atoms with Crippen LogP contribution in [-0.2, 0) is 11.3 Å². The van der Waals surface area contributed by atoms with E-state index in [0.29, 0.717) is 6.54 Å². The average molecular weight is 238 g/mol. The maximum Gasteiger partial charge on any atom is 0.328 e. The predicted molar refractivity (Wildman–Crippen MR) is 60.3 cm³/mol. The van der Waals surface area contributed by atoms with Gasteiger partial charge in [-0.3, -0.25) is 0 Å². The Balaban J connectivity index is 2.37. The normalized spacial score (nSPS) is 11.6. The van der Waals surface area contributed by atoms with Gasteiger partial charge in [-0.25, -0.2) is 9.59 Å². The molecule has 2 amide bonds. The van der Waals surface area contributed by atoms with Gasteiger partial charge in [-0.1, -0.05) is 30.3 Å². The number of carbonyl (C=O) groups is 2. The predicted octanol–water partition coefficient (Wildman–Crippen LogP) is -0.0687. The van der Waals surface area contributed by atoms with Gasteiger partial charge in [0, 0.05) is 6.54 Å². The van der Waals surface area contributed by atoms with Crippen LogP contribution in [0, 0.1) is 0 Å². The largest absolute Gasteiger partial charge is 0.480 e. The van der Waals surface area contributed by atoms with Gasteiger partial charge in [0.25, 0.3) is 0 Å². The Morgan fingerprint density at radius 1 is 1.24 bits per heavy atom. The topological polar surface area (TPSA) is 98.7 Å². The number of aliphatic hydroxyl groups is 1. The number of hydrogen-bond donors (Lipinski definition) is 4. The van der Waals surface area contributed by atoms with Crippen LogP contribution in [0.2, 0.25) is 0 Å². The molecule has 6 heteroatoms. The van der Waals surface area contributed by atoms with Crippen molar-refractivity contribution in [3.63, 3.8) is 0 Å². The number of amides is 2. The van der Waals surface area contributed by atoms with E-state index in [1.54, 1.807) is 0 Å². The fourth-order valence-corrected chi connectivity index (χ4v) is 1.17.